The maximum absolute atomic E-state index is 10.5. The molecular formula is C8H3N3O4. The minimum absolute atomic E-state index is 0.129. The van der Waals surface area contributed by atoms with Gasteiger partial charge in [0, 0.05) is 6.07 Å². The highest BCUT2D eigenvalue weighted by Gasteiger charge is 2.13. The molecule has 0 spiro atoms. The van der Waals surface area contributed by atoms with Crippen LogP contribution in [-0.4, -0.2) is 17.1 Å². The Morgan fingerprint density at radius 2 is 1.87 bits per heavy atom. The van der Waals surface area contributed by atoms with Crippen molar-refractivity contribution < 1.29 is 14.5 Å². The minimum atomic E-state index is -0.704. The van der Waals surface area contributed by atoms with Gasteiger partial charge in [0.05, 0.1) is 10.6 Å². The zero-order chi connectivity index (χ0) is 11.3. The SMILES string of the molecule is O=C=Nc1ccc([N+](=O)[O-])c(N=C=O)c1. The van der Waals surface area contributed by atoms with E-state index in [1.54, 1.807) is 0 Å². The van der Waals surface area contributed by atoms with Gasteiger partial charge in [-0.15, -0.1) is 0 Å². The van der Waals surface area contributed by atoms with Crippen LogP contribution in [0.3, 0.4) is 0 Å². The van der Waals surface area contributed by atoms with E-state index < -0.39 is 4.92 Å². The van der Waals surface area contributed by atoms with E-state index >= 15 is 0 Å². The monoisotopic (exact) mass is 205 g/mol. The normalized spacial score (nSPS) is 8.53. The van der Waals surface area contributed by atoms with Crippen molar-refractivity contribution in [1.29, 1.82) is 0 Å². The summed E-state index contributed by atoms with van der Waals surface area (Å²) in [6.07, 6.45) is 2.45. The molecule has 0 N–H and O–H groups in total. The van der Waals surface area contributed by atoms with Gasteiger partial charge < -0.3 is 0 Å². The Labute approximate surface area is 82.9 Å². The molecule has 7 heteroatoms. The van der Waals surface area contributed by atoms with Crippen LogP contribution in [-0.2, 0) is 9.59 Å². The van der Waals surface area contributed by atoms with Gasteiger partial charge in [0.15, 0.2) is 5.69 Å². The Bertz CT molecular complexity index is 499. The highest BCUT2D eigenvalue weighted by Crippen LogP contribution is 2.30. The molecule has 1 rings (SSSR count). The van der Waals surface area contributed by atoms with Gasteiger partial charge in [-0.3, -0.25) is 10.1 Å². The quantitative estimate of drug-likeness (QED) is 0.323. The molecular weight excluding hydrogens is 202 g/mol. The molecule has 15 heavy (non-hydrogen) atoms. The number of hydrogen-bond acceptors (Lipinski definition) is 6. The maximum Gasteiger partial charge on any atom is 0.295 e. The molecule has 1 aromatic rings. The number of aliphatic imine (C=N–C) groups is 2. The van der Waals surface area contributed by atoms with Crippen molar-refractivity contribution in [1.82, 2.24) is 0 Å². The van der Waals surface area contributed by atoms with E-state index in [1.807, 2.05) is 0 Å². The summed E-state index contributed by atoms with van der Waals surface area (Å²) < 4.78 is 0. The van der Waals surface area contributed by atoms with Crippen molar-refractivity contribution in [3.05, 3.63) is 28.3 Å². The summed E-state index contributed by atoms with van der Waals surface area (Å²) in [6.45, 7) is 0. The summed E-state index contributed by atoms with van der Waals surface area (Å²) in [5, 5.41) is 10.5. The molecule has 0 atom stereocenters. The van der Waals surface area contributed by atoms with Crippen molar-refractivity contribution in [2.45, 2.75) is 0 Å². The highest BCUT2D eigenvalue weighted by atomic mass is 16.6. The Hall–Kier alpha value is -2.62. The lowest BCUT2D eigenvalue weighted by Crippen LogP contribution is -1.87. The molecule has 0 unspecified atom stereocenters. The predicted molar refractivity (Wildman–Crippen MR) is 48.7 cm³/mol. The second-order valence-corrected chi connectivity index (χ2v) is 2.34. The molecule has 0 bridgehead atoms. The van der Waals surface area contributed by atoms with E-state index in [9.17, 15) is 19.7 Å². The minimum Gasteiger partial charge on any atom is -0.258 e. The topological polar surface area (TPSA) is 102 Å². The summed E-state index contributed by atoms with van der Waals surface area (Å²) in [4.78, 5) is 36.1. The standard InChI is InChI=1S/C8H3N3O4/c12-4-9-6-1-2-8(11(14)15)7(3-6)10-5-13/h1-3H. The number of carbonyl (C=O) groups excluding carboxylic acids is 2. The first-order valence-electron chi connectivity index (χ1n) is 3.63. The predicted octanol–water partition coefficient (Wildman–Crippen LogP) is 1.53. The van der Waals surface area contributed by atoms with E-state index in [0.29, 0.717) is 0 Å². The van der Waals surface area contributed by atoms with Gasteiger partial charge in [-0.05, 0) is 12.1 Å². The Morgan fingerprint density at radius 3 is 2.40 bits per heavy atom. The van der Waals surface area contributed by atoms with Crippen LogP contribution in [0.2, 0.25) is 0 Å². The van der Waals surface area contributed by atoms with Gasteiger partial charge in [0.2, 0.25) is 12.2 Å². The molecule has 0 saturated carbocycles. The summed E-state index contributed by atoms with van der Waals surface area (Å²) in [6, 6.07) is 3.45. The second kappa shape index (κ2) is 4.57. The van der Waals surface area contributed by atoms with Gasteiger partial charge >= 0.3 is 0 Å². The molecule has 74 valence electrons. The Morgan fingerprint density at radius 1 is 1.20 bits per heavy atom. The lowest BCUT2D eigenvalue weighted by atomic mass is 10.2. The smallest absolute Gasteiger partial charge is 0.258 e. The fraction of sp³-hybridized carbons (Fsp3) is 0. The van der Waals surface area contributed by atoms with Crippen molar-refractivity contribution in [2.24, 2.45) is 9.98 Å². The van der Waals surface area contributed by atoms with Gasteiger partial charge in [-0.25, -0.2) is 9.59 Å². The molecule has 7 nitrogen and oxygen atoms in total. The Balaban J connectivity index is 3.38. The first kappa shape index (κ1) is 10.5. The number of hydrogen-bond donors (Lipinski definition) is 0. The number of rotatable bonds is 3. The summed E-state index contributed by atoms with van der Waals surface area (Å²) in [5.74, 6) is 0. The maximum atomic E-state index is 10.5. The zero-order valence-corrected chi connectivity index (χ0v) is 7.21. The summed E-state index contributed by atoms with van der Waals surface area (Å²) in [7, 11) is 0. The fourth-order valence-corrected chi connectivity index (χ4v) is 0.927. The number of isocyanates is 2. The molecule has 1 aromatic carbocycles. The average Bonchev–Trinajstić information content (AvgIpc) is 2.18. The molecule has 0 aliphatic rings. The zero-order valence-electron chi connectivity index (χ0n) is 7.21. The molecule has 0 amide bonds. The third-order valence-electron chi connectivity index (χ3n) is 1.50. The van der Waals surface area contributed by atoms with E-state index in [1.165, 1.54) is 18.2 Å². The van der Waals surface area contributed by atoms with Gasteiger partial charge in [0.1, 0.15) is 0 Å². The van der Waals surface area contributed by atoms with Crippen LogP contribution in [0.1, 0.15) is 0 Å². The van der Waals surface area contributed by atoms with Gasteiger partial charge in [-0.2, -0.15) is 9.98 Å². The Kier molecular flexibility index (Phi) is 3.19. The average molecular weight is 205 g/mol. The molecule has 0 aromatic heterocycles. The van der Waals surface area contributed by atoms with Gasteiger partial charge in [-0.1, -0.05) is 0 Å². The number of nitro benzene ring substituents is 1. The van der Waals surface area contributed by atoms with E-state index in [2.05, 4.69) is 9.98 Å². The van der Waals surface area contributed by atoms with Crippen molar-refractivity contribution >= 4 is 29.2 Å². The number of benzene rings is 1. The summed E-state index contributed by atoms with van der Waals surface area (Å²) >= 11 is 0. The van der Waals surface area contributed by atoms with Crippen LogP contribution < -0.4 is 0 Å². The first-order chi connectivity index (χ1) is 7.19. The third kappa shape index (κ3) is 2.41. The third-order valence-corrected chi connectivity index (χ3v) is 1.50. The first-order valence-corrected chi connectivity index (χ1v) is 3.63. The lowest BCUT2D eigenvalue weighted by Gasteiger charge is -1.95. The molecule has 0 aliphatic carbocycles. The largest absolute Gasteiger partial charge is 0.295 e. The number of nitro groups is 1. The van der Waals surface area contributed by atoms with Gasteiger partial charge in [0.25, 0.3) is 5.69 Å². The van der Waals surface area contributed by atoms with Crippen LogP contribution in [0, 0.1) is 10.1 Å². The van der Waals surface area contributed by atoms with E-state index in [4.69, 9.17) is 0 Å². The lowest BCUT2D eigenvalue weighted by molar-refractivity contribution is -0.384. The van der Waals surface area contributed by atoms with E-state index in [0.717, 1.165) is 12.1 Å². The van der Waals surface area contributed by atoms with Crippen LogP contribution in [0.25, 0.3) is 0 Å². The molecule has 0 aliphatic heterocycles. The number of nitrogens with zero attached hydrogens (tertiary/aromatic N) is 3. The van der Waals surface area contributed by atoms with Crippen LogP contribution in [0.4, 0.5) is 17.1 Å². The summed E-state index contributed by atoms with van der Waals surface area (Å²) in [5.41, 5.74) is -0.431. The highest BCUT2D eigenvalue weighted by molar-refractivity contribution is 5.67. The van der Waals surface area contributed by atoms with E-state index in [-0.39, 0.29) is 17.1 Å². The molecule has 0 heterocycles. The molecule has 0 saturated heterocycles. The van der Waals surface area contributed by atoms with Crippen molar-refractivity contribution in [2.75, 3.05) is 0 Å². The van der Waals surface area contributed by atoms with Crippen molar-refractivity contribution in [3.63, 3.8) is 0 Å². The molecule has 0 fully saturated rings. The second-order valence-electron chi connectivity index (χ2n) is 2.34. The molecule has 0 radical (unpaired) electrons. The van der Waals surface area contributed by atoms with Crippen LogP contribution in [0.5, 0.6) is 0 Å². The van der Waals surface area contributed by atoms with Crippen LogP contribution in [0.15, 0.2) is 28.2 Å². The van der Waals surface area contributed by atoms with Crippen LogP contribution >= 0.6 is 0 Å². The van der Waals surface area contributed by atoms with Crippen molar-refractivity contribution in [3.8, 4) is 0 Å². The fourth-order valence-electron chi connectivity index (χ4n) is 0.927.